The minimum atomic E-state index is -0.00621. The summed E-state index contributed by atoms with van der Waals surface area (Å²) >= 11 is 0. The van der Waals surface area contributed by atoms with Crippen LogP contribution in [0.15, 0.2) is 0 Å². The number of amidine groups is 1. The number of hydrogen-bond donors (Lipinski definition) is 3. The molecule has 0 heterocycles. The Labute approximate surface area is 307 Å². The fourth-order valence-corrected chi connectivity index (χ4v) is 5.01. The lowest BCUT2D eigenvalue weighted by Crippen LogP contribution is -2.25. The zero-order chi connectivity index (χ0) is 36.3. The molecule has 0 aliphatic carbocycles. The summed E-state index contributed by atoms with van der Waals surface area (Å²) in [6.45, 7) is 12.2. The Hall–Kier alpha value is -0.840. The quantitative estimate of drug-likeness (QED) is 0.0352. The van der Waals surface area contributed by atoms with Crippen LogP contribution >= 0.6 is 21.6 Å². The van der Waals surface area contributed by atoms with E-state index >= 15 is 0 Å². The fraction of sp³-hybridized carbons (Fsp3) is 0.938. The molecule has 0 bridgehead atoms. The largest absolute Gasteiger partial charge is 0.382 e. The maximum absolute atomic E-state index is 11.8. The second kappa shape index (κ2) is 44.3. The molecule has 0 fully saturated rings. The first-order chi connectivity index (χ1) is 24.7. The summed E-state index contributed by atoms with van der Waals surface area (Å²) in [6.07, 6.45) is 3.34. The van der Waals surface area contributed by atoms with E-state index in [9.17, 15) is 4.79 Å². The maximum atomic E-state index is 11.8. The van der Waals surface area contributed by atoms with Gasteiger partial charge in [-0.15, -0.1) is 0 Å². The third-order valence-corrected chi connectivity index (χ3v) is 8.15. The van der Waals surface area contributed by atoms with Gasteiger partial charge in [0.2, 0.25) is 5.91 Å². The molecule has 0 atom stereocenters. The molecule has 50 heavy (non-hydrogen) atoms. The van der Waals surface area contributed by atoms with Gasteiger partial charge in [-0.25, -0.2) is 0 Å². The van der Waals surface area contributed by atoms with Gasteiger partial charge in [-0.2, -0.15) is 0 Å². The molecule has 18 heteroatoms. The Balaban J connectivity index is 3.11. The van der Waals surface area contributed by atoms with Crippen LogP contribution in [0.3, 0.4) is 0 Å². The predicted octanol–water partition coefficient (Wildman–Crippen LogP) is 1.77. The average molecular weight is 764 g/mol. The van der Waals surface area contributed by atoms with Crippen LogP contribution in [0.4, 0.5) is 0 Å². The monoisotopic (exact) mass is 763 g/mol. The van der Waals surface area contributed by atoms with E-state index in [-0.39, 0.29) is 11.1 Å². The molecule has 0 saturated carbocycles. The van der Waals surface area contributed by atoms with E-state index in [2.05, 4.69) is 5.32 Å². The van der Waals surface area contributed by atoms with Gasteiger partial charge in [-0.1, -0.05) is 17.2 Å². The molecule has 0 aliphatic heterocycles. The van der Waals surface area contributed by atoms with Gasteiger partial charge < -0.3 is 67.9 Å². The van der Waals surface area contributed by atoms with Gasteiger partial charge in [0, 0.05) is 25.8 Å². The Kier molecular flexibility index (Phi) is 43.6. The van der Waals surface area contributed by atoms with Crippen molar-refractivity contribution >= 4 is 32.7 Å². The van der Waals surface area contributed by atoms with E-state index in [0.717, 1.165) is 25.0 Å². The zero-order valence-corrected chi connectivity index (χ0v) is 31.8. The number of hydrogen-bond acceptors (Lipinski definition) is 16. The minimum absolute atomic E-state index is 0.00621. The summed E-state index contributed by atoms with van der Waals surface area (Å²) in [5.41, 5.74) is 5.28. The molecule has 0 radical (unpaired) electrons. The Morgan fingerprint density at radius 2 is 0.820 bits per heavy atom. The normalized spacial score (nSPS) is 11.4. The molecule has 16 nitrogen and oxygen atoms in total. The van der Waals surface area contributed by atoms with Crippen molar-refractivity contribution in [3.8, 4) is 0 Å². The van der Waals surface area contributed by atoms with Crippen molar-refractivity contribution in [2.24, 2.45) is 5.73 Å². The van der Waals surface area contributed by atoms with E-state index in [0.29, 0.717) is 165 Å². The summed E-state index contributed by atoms with van der Waals surface area (Å²) in [5, 5.41) is 10.2. The van der Waals surface area contributed by atoms with Crippen LogP contribution in [0.25, 0.3) is 0 Å². The molecule has 0 aromatic rings. The van der Waals surface area contributed by atoms with E-state index in [1.807, 2.05) is 0 Å². The van der Waals surface area contributed by atoms with Gasteiger partial charge in [0.05, 0.1) is 152 Å². The molecule has 0 unspecified atom stereocenters. The SMILES string of the molecule is COCCOCCOCCOCCOCCOCCOCCOCCOCCOCCOCCOCCC(=O)NCCCCCSSC(=N)N. The minimum Gasteiger partial charge on any atom is -0.382 e. The second-order valence-electron chi connectivity index (χ2n) is 10.2. The fourth-order valence-electron chi connectivity index (χ4n) is 3.49. The maximum Gasteiger partial charge on any atom is 0.222 e. The lowest BCUT2D eigenvalue weighted by molar-refractivity contribution is -0.122. The van der Waals surface area contributed by atoms with Crippen molar-refractivity contribution in [1.82, 2.24) is 5.32 Å². The number of unbranched alkanes of at least 4 members (excludes halogenated alkanes) is 2. The predicted molar refractivity (Wildman–Crippen MR) is 194 cm³/mol. The van der Waals surface area contributed by atoms with Crippen LogP contribution < -0.4 is 11.1 Å². The van der Waals surface area contributed by atoms with Crippen molar-refractivity contribution in [2.45, 2.75) is 25.7 Å². The molecule has 0 saturated heterocycles. The summed E-state index contributed by atoms with van der Waals surface area (Å²) < 4.78 is 64.8. The number of ether oxygens (including phenoxy) is 12. The second-order valence-corrected chi connectivity index (χ2v) is 12.6. The smallest absolute Gasteiger partial charge is 0.222 e. The van der Waals surface area contributed by atoms with E-state index in [1.54, 1.807) is 17.9 Å². The van der Waals surface area contributed by atoms with Gasteiger partial charge in [-0.05, 0) is 23.6 Å². The molecule has 0 aromatic carbocycles. The molecule has 0 spiro atoms. The van der Waals surface area contributed by atoms with Crippen LogP contribution in [-0.2, 0) is 61.6 Å². The van der Waals surface area contributed by atoms with E-state index < -0.39 is 0 Å². The first-order valence-corrected chi connectivity index (χ1v) is 19.7. The van der Waals surface area contributed by atoms with Crippen LogP contribution in [0, 0.1) is 5.41 Å². The average Bonchev–Trinajstić information content (AvgIpc) is 3.11. The Morgan fingerprint density at radius 3 is 1.14 bits per heavy atom. The van der Waals surface area contributed by atoms with Crippen LogP contribution in [0.5, 0.6) is 0 Å². The lowest BCUT2D eigenvalue weighted by Gasteiger charge is -2.09. The molecule has 0 aromatic heterocycles. The molecule has 0 rings (SSSR count). The van der Waals surface area contributed by atoms with Gasteiger partial charge in [0.1, 0.15) is 0 Å². The topological polar surface area (TPSA) is 190 Å². The summed E-state index contributed by atoms with van der Waals surface area (Å²) in [5.74, 6) is 0.943. The van der Waals surface area contributed by atoms with E-state index in [1.165, 1.54) is 10.8 Å². The summed E-state index contributed by atoms with van der Waals surface area (Å²) in [4.78, 5) is 11.8. The van der Waals surface area contributed by atoms with Crippen molar-refractivity contribution in [3.05, 3.63) is 0 Å². The molecule has 298 valence electrons. The first kappa shape index (κ1) is 49.2. The molecule has 0 aliphatic rings. The first-order valence-electron chi connectivity index (χ1n) is 17.4. The van der Waals surface area contributed by atoms with Crippen LogP contribution in [0.1, 0.15) is 25.7 Å². The zero-order valence-electron chi connectivity index (χ0n) is 30.2. The van der Waals surface area contributed by atoms with Crippen molar-refractivity contribution in [2.75, 3.05) is 171 Å². The molecular weight excluding hydrogens is 698 g/mol. The highest BCUT2D eigenvalue weighted by molar-refractivity contribution is 8.82. The lowest BCUT2D eigenvalue weighted by atomic mass is 10.2. The molecule has 4 N–H and O–H groups in total. The van der Waals surface area contributed by atoms with Crippen molar-refractivity contribution in [3.63, 3.8) is 0 Å². The van der Waals surface area contributed by atoms with Crippen molar-refractivity contribution < 1.29 is 61.6 Å². The van der Waals surface area contributed by atoms with Gasteiger partial charge in [-0.3, -0.25) is 10.2 Å². The number of amides is 1. The summed E-state index contributed by atoms with van der Waals surface area (Å²) in [7, 11) is 4.52. The number of nitrogens with two attached hydrogens (primary N) is 1. The number of nitrogens with one attached hydrogen (secondary N) is 2. The van der Waals surface area contributed by atoms with Crippen LogP contribution in [0.2, 0.25) is 0 Å². The van der Waals surface area contributed by atoms with E-state index in [4.69, 9.17) is 68.0 Å². The van der Waals surface area contributed by atoms with Gasteiger partial charge in [0.25, 0.3) is 0 Å². The highest BCUT2D eigenvalue weighted by atomic mass is 33.1. The van der Waals surface area contributed by atoms with Gasteiger partial charge >= 0.3 is 0 Å². The highest BCUT2D eigenvalue weighted by Crippen LogP contribution is 2.21. The third-order valence-electron chi connectivity index (χ3n) is 6.00. The van der Waals surface area contributed by atoms with Crippen LogP contribution in [-0.4, -0.2) is 182 Å². The molecular formula is C32H65N3O13S2. The standard InChI is InChI=1S/C32H65N3O13S2/c1-37-8-9-39-12-13-41-16-17-43-20-21-45-24-25-47-28-29-48-27-26-46-23-22-44-19-18-42-15-14-40-11-10-38-7-5-31(36)35-6-3-2-4-30-49-50-32(33)34/h2-30H2,1H3,(H3,33,34)(H,35,36). The molecule has 1 amide bonds. The number of rotatable bonds is 43. The van der Waals surface area contributed by atoms with Gasteiger partial charge in [0.15, 0.2) is 5.17 Å². The number of carbonyl (C=O) groups is 1. The Bertz CT molecular complexity index is 710. The highest BCUT2D eigenvalue weighted by Gasteiger charge is 2.01. The third kappa shape index (κ3) is 45.2. The summed E-state index contributed by atoms with van der Waals surface area (Å²) in [6, 6.07) is 0. The number of methoxy groups -OCH3 is 1. The van der Waals surface area contributed by atoms with Crippen molar-refractivity contribution in [1.29, 1.82) is 5.41 Å². The number of carbonyl (C=O) groups excluding carboxylic acids is 1. The Morgan fingerprint density at radius 1 is 0.500 bits per heavy atom.